The standard InChI is InChI=1S/C14H25BrN4/c1-4-11-14(15)13(19(5-2)18-11)8-12(17-16)9(3)10-6-7-10/h9-10,12,17H,4-8,16H2,1-3H3. The summed E-state index contributed by atoms with van der Waals surface area (Å²) >= 11 is 3.71. The minimum atomic E-state index is 0.329. The predicted octanol–water partition coefficient (Wildman–Crippen LogP) is 2.65. The van der Waals surface area contributed by atoms with Gasteiger partial charge in [-0.05, 0) is 54.0 Å². The minimum absolute atomic E-state index is 0.329. The molecule has 1 heterocycles. The highest BCUT2D eigenvalue weighted by Crippen LogP contribution is 2.39. The highest BCUT2D eigenvalue weighted by molar-refractivity contribution is 9.10. The molecule has 1 saturated carbocycles. The van der Waals surface area contributed by atoms with Gasteiger partial charge in [-0.3, -0.25) is 16.0 Å². The van der Waals surface area contributed by atoms with Crippen molar-refractivity contribution in [3.63, 3.8) is 0 Å². The second-order valence-corrected chi connectivity index (χ2v) is 6.34. The van der Waals surface area contributed by atoms with Crippen molar-refractivity contribution in [3.8, 4) is 0 Å². The van der Waals surface area contributed by atoms with Gasteiger partial charge in [0.05, 0.1) is 15.9 Å². The average Bonchev–Trinajstić information content (AvgIpc) is 3.22. The van der Waals surface area contributed by atoms with E-state index in [1.165, 1.54) is 23.0 Å². The van der Waals surface area contributed by atoms with Gasteiger partial charge in [0.25, 0.3) is 0 Å². The zero-order valence-corrected chi connectivity index (χ0v) is 13.7. The Balaban J connectivity index is 2.17. The molecule has 1 aliphatic rings. The van der Waals surface area contributed by atoms with Crippen molar-refractivity contribution < 1.29 is 0 Å². The van der Waals surface area contributed by atoms with Crippen LogP contribution in [0.1, 0.15) is 45.0 Å². The summed E-state index contributed by atoms with van der Waals surface area (Å²) in [7, 11) is 0. The fourth-order valence-corrected chi connectivity index (χ4v) is 3.49. The molecule has 0 aliphatic heterocycles. The van der Waals surface area contributed by atoms with E-state index in [0.717, 1.165) is 31.0 Å². The van der Waals surface area contributed by atoms with Crippen LogP contribution in [0, 0.1) is 11.8 Å². The number of nitrogens with one attached hydrogen (secondary N) is 1. The molecule has 1 aliphatic carbocycles. The predicted molar refractivity (Wildman–Crippen MR) is 81.7 cm³/mol. The number of rotatable bonds is 7. The Morgan fingerprint density at radius 1 is 1.47 bits per heavy atom. The molecule has 19 heavy (non-hydrogen) atoms. The molecule has 2 rings (SSSR count). The molecule has 0 amide bonds. The molecule has 0 bridgehead atoms. The highest BCUT2D eigenvalue weighted by atomic mass is 79.9. The maximum atomic E-state index is 5.77. The fraction of sp³-hybridized carbons (Fsp3) is 0.786. The Morgan fingerprint density at radius 2 is 2.16 bits per heavy atom. The van der Waals surface area contributed by atoms with Crippen LogP contribution in [-0.2, 0) is 19.4 Å². The number of aromatic nitrogens is 2. The van der Waals surface area contributed by atoms with Crippen molar-refractivity contribution in [1.82, 2.24) is 15.2 Å². The largest absolute Gasteiger partial charge is 0.271 e. The topological polar surface area (TPSA) is 55.9 Å². The first kappa shape index (κ1) is 15.0. The zero-order valence-electron chi connectivity index (χ0n) is 12.1. The second kappa shape index (κ2) is 6.37. The lowest BCUT2D eigenvalue weighted by Crippen LogP contribution is -2.42. The quantitative estimate of drug-likeness (QED) is 0.597. The summed E-state index contributed by atoms with van der Waals surface area (Å²) in [5, 5.41) is 4.66. The van der Waals surface area contributed by atoms with E-state index in [-0.39, 0.29) is 0 Å². The van der Waals surface area contributed by atoms with Gasteiger partial charge in [0.1, 0.15) is 0 Å². The summed E-state index contributed by atoms with van der Waals surface area (Å²) in [6.07, 6.45) is 4.61. The normalized spacial score (nSPS) is 18.6. The monoisotopic (exact) mass is 328 g/mol. The van der Waals surface area contributed by atoms with E-state index >= 15 is 0 Å². The third-order valence-electron chi connectivity index (χ3n) is 4.32. The maximum Gasteiger partial charge on any atom is 0.0766 e. The first-order chi connectivity index (χ1) is 9.12. The van der Waals surface area contributed by atoms with Crippen LogP contribution in [0.3, 0.4) is 0 Å². The SMILES string of the molecule is CCc1nn(CC)c(CC(NN)C(C)C2CC2)c1Br. The van der Waals surface area contributed by atoms with Gasteiger partial charge in [0, 0.05) is 19.0 Å². The minimum Gasteiger partial charge on any atom is -0.271 e. The van der Waals surface area contributed by atoms with Crippen LogP contribution in [0.2, 0.25) is 0 Å². The van der Waals surface area contributed by atoms with Crippen LogP contribution in [0.25, 0.3) is 0 Å². The van der Waals surface area contributed by atoms with E-state index in [9.17, 15) is 0 Å². The van der Waals surface area contributed by atoms with Crippen molar-refractivity contribution in [2.45, 2.75) is 59.0 Å². The number of hydrogen-bond donors (Lipinski definition) is 2. The smallest absolute Gasteiger partial charge is 0.0766 e. The van der Waals surface area contributed by atoms with E-state index in [1.807, 2.05) is 0 Å². The Labute approximate surface area is 124 Å². The van der Waals surface area contributed by atoms with Gasteiger partial charge in [-0.2, -0.15) is 5.10 Å². The first-order valence-corrected chi connectivity index (χ1v) is 8.11. The number of aryl methyl sites for hydroxylation is 2. The van der Waals surface area contributed by atoms with Crippen molar-refractivity contribution in [3.05, 3.63) is 15.9 Å². The van der Waals surface area contributed by atoms with Crippen molar-refractivity contribution in [1.29, 1.82) is 0 Å². The summed E-state index contributed by atoms with van der Waals surface area (Å²) in [5.74, 6) is 7.25. The second-order valence-electron chi connectivity index (χ2n) is 5.55. The number of hydrazine groups is 1. The van der Waals surface area contributed by atoms with Gasteiger partial charge in [-0.15, -0.1) is 0 Å². The number of nitrogens with zero attached hydrogens (tertiary/aromatic N) is 2. The van der Waals surface area contributed by atoms with Crippen LogP contribution in [0.5, 0.6) is 0 Å². The number of nitrogens with two attached hydrogens (primary N) is 1. The fourth-order valence-electron chi connectivity index (χ4n) is 2.77. The van der Waals surface area contributed by atoms with Gasteiger partial charge in [-0.1, -0.05) is 13.8 Å². The molecule has 1 aromatic heterocycles. The van der Waals surface area contributed by atoms with Crippen LogP contribution >= 0.6 is 15.9 Å². The van der Waals surface area contributed by atoms with Crippen molar-refractivity contribution in [2.24, 2.45) is 17.7 Å². The molecule has 1 fully saturated rings. The van der Waals surface area contributed by atoms with Gasteiger partial charge < -0.3 is 0 Å². The van der Waals surface area contributed by atoms with Gasteiger partial charge in [-0.25, -0.2) is 0 Å². The summed E-state index contributed by atoms with van der Waals surface area (Å²) < 4.78 is 3.27. The first-order valence-electron chi connectivity index (χ1n) is 7.32. The average molecular weight is 329 g/mol. The summed E-state index contributed by atoms with van der Waals surface area (Å²) in [4.78, 5) is 0. The Kier molecular flexibility index (Phi) is 5.03. The van der Waals surface area contributed by atoms with Crippen LogP contribution in [-0.4, -0.2) is 15.8 Å². The van der Waals surface area contributed by atoms with E-state index in [1.54, 1.807) is 0 Å². The van der Waals surface area contributed by atoms with E-state index in [0.29, 0.717) is 12.0 Å². The summed E-state index contributed by atoms with van der Waals surface area (Å²) in [6.45, 7) is 7.49. The maximum absolute atomic E-state index is 5.77. The van der Waals surface area contributed by atoms with E-state index in [4.69, 9.17) is 5.84 Å². The Morgan fingerprint density at radius 3 is 2.63 bits per heavy atom. The molecule has 108 valence electrons. The highest BCUT2D eigenvalue weighted by Gasteiger charge is 2.33. The van der Waals surface area contributed by atoms with Crippen LogP contribution in [0.15, 0.2) is 4.47 Å². The molecular formula is C14H25BrN4. The number of hydrogen-bond acceptors (Lipinski definition) is 3. The van der Waals surface area contributed by atoms with Crippen molar-refractivity contribution >= 4 is 15.9 Å². The lowest BCUT2D eigenvalue weighted by atomic mass is 9.93. The third kappa shape index (κ3) is 3.20. The molecular weight excluding hydrogens is 304 g/mol. The van der Waals surface area contributed by atoms with Gasteiger partial charge in [0.15, 0.2) is 0 Å². The molecule has 0 saturated heterocycles. The molecule has 0 radical (unpaired) electrons. The van der Waals surface area contributed by atoms with Crippen LogP contribution in [0.4, 0.5) is 0 Å². The molecule has 0 aromatic carbocycles. The number of halogens is 1. The van der Waals surface area contributed by atoms with Gasteiger partial charge >= 0.3 is 0 Å². The molecule has 2 unspecified atom stereocenters. The molecule has 2 atom stereocenters. The Bertz CT molecular complexity index is 425. The molecule has 0 spiro atoms. The third-order valence-corrected chi connectivity index (χ3v) is 5.24. The molecule has 3 N–H and O–H groups in total. The zero-order chi connectivity index (χ0) is 14.0. The molecule has 1 aromatic rings. The van der Waals surface area contributed by atoms with Crippen molar-refractivity contribution in [2.75, 3.05) is 0 Å². The molecule has 4 nitrogen and oxygen atoms in total. The molecule has 5 heteroatoms. The lowest BCUT2D eigenvalue weighted by Gasteiger charge is -2.23. The van der Waals surface area contributed by atoms with Gasteiger partial charge in [0.2, 0.25) is 0 Å². The van der Waals surface area contributed by atoms with E-state index < -0.39 is 0 Å². The van der Waals surface area contributed by atoms with E-state index in [2.05, 4.69) is 51.9 Å². The lowest BCUT2D eigenvalue weighted by molar-refractivity contribution is 0.337. The van der Waals surface area contributed by atoms with Crippen LogP contribution < -0.4 is 11.3 Å². The summed E-state index contributed by atoms with van der Waals surface area (Å²) in [5.41, 5.74) is 5.43. The Hall–Kier alpha value is -0.390. The summed E-state index contributed by atoms with van der Waals surface area (Å²) in [6, 6.07) is 0.329.